The molecule has 2 aromatic rings. The zero-order valence-electron chi connectivity index (χ0n) is 14.6. The van der Waals surface area contributed by atoms with E-state index >= 15 is 0 Å². The number of nitrogens with one attached hydrogen (secondary N) is 1. The van der Waals surface area contributed by atoms with Gasteiger partial charge in [-0.2, -0.15) is 0 Å². The number of rotatable bonds is 7. The summed E-state index contributed by atoms with van der Waals surface area (Å²) in [4.78, 5) is 23.8. The number of hydrogen-bond donors (Lipinski definition) is 1. The Morgan fingerprint density at radius 1 is 1.19 bits per heavy atom. The molecule has 0 fully saturated rings. The standard InChI is InChI=1S/C20H20FNO4/c1-14(22-19(23)11-9-15-6-4-3-5-7-15)20(24)26-13-16-8-10-18(25-2)17(21)12-16/h3-12,14H,13H2,1-2H3,(H,22,23)/b11-9+/t14-/m0/s1. The van der Waals surface area contributed by atoms with Gasteiger partial charge >= 0.3 is 5.97 Å². The monoisotopic (exact) mass is 357 g/mol. The van der Waals surface area contributed by atoms with Crippen LogP contribution in [-0.4, -0.2) is 25.0 Å². The highest BCUT2D eigenvalue weighted by atomic mass is 19.1. The average molecular weight is 357 g/mol. The van der Waals surface area contributed by atoms with Crippen LogP contribution in [0.5, 0.6) is 5.75 Å². The van der Waals surface area contributed by atoms with E-state index in [1.807, 2.05) is 30.3 Å². The smallest absolute Gasteiger partial charge is 0.328 e. The van der Waals surface area contributed by atoms with Crippen molar-refractivity contribution in [1.29, 1.82) is 0 Å². The second-order valence-corrected chi connectivity index (χ2v) is 5.55. The van der Waals surface area contributed by atoms with Crippen LogP contribution in [0.1, 0.15) is 18.1 Å². The number of benzene rings is 2. The molecule has 0 aliphatic rings. The van der Waals surface area contributed by atoms with E-state index in [9.17, 15) is 14.0 Å². The van der Waals surface area contributed by atoms with Crippen LogP contribution < -0.4 is 10.1 Å². The third kappa shape index (κ3) is 5.73. The minimum atomic E-state index is -0.828. The number of esters is 1. The number of carbonyl (C=O) groups is 2. The first-order valence-corrected chi connectivity index (χ1v) is 8.02. The summed E-state index contributed by atoms with van der Waals surface area (Å²) < 4.78 is 23.5. The quantitative estimate of drug-likeness (QED) is 0.611. The van der Waals surface area contributed by atoms with Crippen molar-refractivity contribution in [2.75, 3.05) is 7.11 Å². The van der Waals surface area contributed by atoms with E-state index in [1.54, 1.807) is 12.1 Å². The van der Waals surface area contributed by atoms with Crippen LogP contribution >= 0.6 is 0 Å². The fourth-order valence-electron chi connectivity index (χ4n) is 2.14. The maximum atomic E-state index is 13.6. The average Bonchev–Trinajstić information content (AvgIpc) is 2.65. The molecule has 6 heteroatoms. The molecule has 1 amide bonds. The molecule has 2 aromatic carbocycles. The summed E-state index contributed by atoms with van der Waals surface area (Å²) in [5.74, 6) is -1.43. The summed E-state index contributed by atoms with van der Waals surface area (Å²) in [6.07, 6.45) is 2.99. The van der Waals surface area contributed by atoms with Crippen LogP contribution in [0.4, 0.5) is 4.39 Å². The molecular weight excluding hydrogens is 337 g/mol. The minimum Gasteiger partial charge on any atom is -0.494 e. The summed E-state index contributed by atoms with van der Waals surface area (Å²) in [5.41, 5.74) is 1.36. The Hall–Kier alpha value is -3.15. The number of carbonyl (C=O) groups excluding carboxylic acids is 2. The van der Waals surface area contributed by atoms with Gasteiger partial charge in [-0.1, -0.05) is 36.4 Å². The third-order valence-electron chi connectivity index (χ3n) is 3.54. The summed E-state index contributed by atoms with van der Waals surface area (Å²) in [6, 6.07) is 12.8. The molecule has 1 atom stereocenters. The van der Waals surface area contributed by atoms with Crippen molar-refractivity contribution in [3.8, 4) is 5.75 Å². The normalized spacial score (nSPS) is 11.8. The van der Waals surface area contributed by atoms with Crippen molar-refractivity contribution in [2.45, 2.75) is 19.6 Å². The van der Waals surface area contributed by atoms with Crippen molar-refractivity contribution in [1.82, 2.24) is 5.32 Å². The van der Waals surface area contributed by atoms with Gasteiger partial charge in [0.1, 0.15) is 12.6 Å². The molecule has 26 heavy (non-hydrogen) atoms. The molecule has 0 saturated carbocycles. The Labute approximate surface area is 151 Å². The van der Waals surface area contributed by atoms with E-state index in [2.05, 4.69) is 5.32 Å². The summed E-state index contributed by atoms with van der Waals surface area (Å²) in [6.45, 7) is 1.42. The van der Waals surface area contributed by atoms with E-state index in [1.165, 1.54) is 32.2 Å². The maximum absolute atomic E-state index is 13.6. The van der Waals surface area contributed by atoms with E-state index in [0.29, 0.717) is 5.56 Å². The molecule has 0 bridgehead atoms. The zero-order chi connectivity index (χ0) is 18.9. The molecule has 0 aromatic heterocycles. The number of hydrogen-bond acceptors (Lipinski definition) is 4. The predicted octanol–water partition coefficient (Wildman–Crippen LogP) is 3.10. The second-order valence-electron chi connectivity index (χ2n) is 5.55. The Morgan fingerprint density at radius 2 is 1.92 bits per heavy atom. The Morgan fingerprint density at radius 3 is 2.58 bits per heavy atom. The molecule has 0 spiro atoms. The largest absolute Gasteiger partial charge is 0.494 e. The maximum Gasteiger partial charge on any atom is 0.328 e. The molecular formula is C20H20FNO4. The van der Waals surface area contributed by atoms with Gasteiger partial charge in [-0.15, -0.1) is 0 Å². The first kappa shape index (κ1) is 19.2. The summed E-state index contributed by atoms with van der Waals surface area (Å²) in [5, 5.41) is 2.52. The predicted molar refractivity (Wildman–Crippen MR) is 95.8 cm³/mol. The van der Waals surface area contributed by atoms with Crippen molar-refractivity contribution >= 4 is 18.0 Å². The highest BCUT2D eigenvalue weighted by Gasteiger charge is 2.16. The van der Waals surface area contributed by atoms with Crippen molar-refractivity contribution in [2.24, 2.45) is 0 Å². The molecule has 0 saturated heterocycles. The van der Waals surface area contributed by atoms with Gasteiger partial charge in [-0.05, 0) is 36.3 Å². The number of ether oxygens (including phenoxy) is 2. The van der Waals surface area contributed by atoms with Crippen LogP contribution in [0.2, 0.25) is 0 Å². The molecule has 1 N–H and O–H groups in total. The van der Waals surface area contributed by atoms with Gasteiger partial charge in [0.2, 0.25) is 5.91 Å². The summed E-state index contributed by atoms with van der Waals surface area (Å²) >= 11 is 0. The molecule has 5 nitrogen and oxygen atoms in total. The fourth-order valence-corrected chi connectivity index (χ4v) is 2.14. The van der Waals surface area contributed by atoms with Gasteiger partial charge in [-0.3, -0.25) is 4.79 Å². The Kier molecular flexibility index (Phi) is 6.91. The van der Waals surface area contributed by atoms with Crippen LogP contribution in [0.3, 0.4) is 0 Å². The van der Waals surface area contributed by atoms with Gasteiger partial charge in [0, 0.05) is 6.08 Å². The lowest BCUT2D eigenvalue weighted by atomic mass is 10.2. The van der Waals surface area contributed by atoms with Gasteiger partial charge in [-0.25, -0.2) is 9.18 Å². The molecule has 2 rings (SSSR count). The topological polar surface area (TPSA) is 64.6 Å². The lowest BCUT2D eigenvalue weighted by molar-refractivity contribution is -0.148. The molecule has 0 unspecified atom stereocenters. The van der Waals surface area contributed by atoms with Gasteiger partial charge in [0.15, 0.2) is 11.6 Å². The second kappa shape index (κ2) is 9.36. The van der Waals surface area contributed by atoms with Crippen LogP contribution in [-0.2, 0) is 20.9 Å². The van der Waals surface area contributed by atoms with Gasteiger partial charge in [0.05, 0.1) is 7.11 Å². The Bertz CT molecular complexity index is 790. The van der Waals surface area contributed by atoms with Gasteiger partial charge < -0.3 is 14.8 Å². The lowest BCUT2D eigenvalue weighted by Crippen LogP contribution is -2.38. The zero-order valence-corrected chi connectivity index (χ0v) is 14.6. The minimum absolute atomic E-state index is 0.0974. The lowest BCUT2D eigenvalue weighted by Gasteiger charge is -2.12. The number of methoxy groups -OCH3 is 1. The SMILES string of the molecule is COc1ccc(COC(=O)[C@H](C)NC(=O)/C=C/c2ccccc2)cc1F. The molecule has 0 aliphatic heterocycles. The highest BCUT2D eigenvalue weighted by molar-refractivity contribution is 5.94. The van der Waals surface area contributed by atoms with Crippen LogP contribution in [0, 0.1) is 5.82 Å². The van der Waals surface area contributed by atoms with Crippen LogP contribution in [0.25, 0.3) is 6.08 Å². The van der Waals surface area contributed by atoms with Crippen molar-refractivity contribution in [3.63, 3.8) is 0 Å². The van der Waals surface area contributed by atoms with Crippen molar-refractivity contribution < 1.29 is 23.5 Å². The number of amides is 1. The van der Waals surface area contributed by atoms with Gasteiger partial charge in [0.25, 0.3) is 0 Å². The van der Waals surface area contributed by atoms with E-state index in [0.717, 1.165) is 5.56 Å². The van der Waals surface area contributed by atoms with E-state index in [4.69, 9.17) is 9.47 Å². The molecule has 0 heterocycles. The Balaban J connectivity index is 1.82. The van der Waals surface area contributed by atoms with Crippen molar-refractivity contribution in [3.05, 3.63) is 71.6 Å². The molecule has 136 valence electrons. The van der Waals surface area contributed by atoms with E-state index < -0.39 is 23.7 Å². The fraction of sp³-hybridized carbons (Fsp3) is 0.200. The number of halogens is 1. The molecule has 0 radical (unpaired) electrons. The first-order valence-electron chi connectivity index (χ1n) is 8.02. The molecule has 0 aliphatic carbocycles. The van der Waals surface area contributed by atoms with Crippen LogP contribution in [0.15, 0.2) is 54.6 Å². The third-order valence-corrected chi connectivity index (χ3v) is 3.54. The highest BCUT2D eigenvalue weighted by Crippen LogP contribution is 2.18. The first-order chi connectivity index (χ1) is 12.5. The summed E-state index contributed by atoms with van der Waals surface area (Å²) in [7, 11) is 1.37. The van der Waals surface area contributed by atoms with E-state index in [-0.39, 0.29) is 12.4 Å².